The Morgan fingerprint density at radius 1 is 1.52 bits per heavy atom. The zero-order valence-electron chi connectivity index (χ0n) is 14.5. The molecule has 1 fully saturated rings. The van der Waals surface area contributed by atoms with Crippen LogP contribution in [0.25, 0.3) is 0 Å². The first-order chi connectivity index (χ1) is 11.2. The lowest BCUT2D eigenvalue weighted by molar-refractivity contribution is 0.190. The average Bonchev–Trinajstić information content (AvgIpc) is 2.93. The number of hydrogen-bond donors (Lipinski definition) is 2. The van der Waals surface area contributed by atoms with Crippen molar-refractivity contribution in [2.24, 2.45) is 4.99 Å². The van der Waals surface area contributed by atoms with Gasteiger partial charge in [0.25, 0.3) is 0 Å². The highest BCUT2D eigenvalue weighted by Gasteiger charge is 2.40. The SMILES string of the molecule is CCNC(=NCC(O)c1ccc(Cl)s1)N1CCS(=O)(=O)C(C)(C)C1.I. The lowest BCUT2D eigenvalue weighted by atomic mass is 10.2. The largest absolute Gasteiger partial charge is 0.386 e. The number of thiophene rings is 1. The fourth-order valence-electron chi connectivity index (χ4n) is 2.52. The zero-order valence-corrected chi connectivity index (χ0v) is 19.2. The molecule has 1 aromatic rings. The van der Waals surface area contributed by atoms with Crippen LogP contribution in [-0.2, 0) is 9.84 Å². The van der Waals surface area contributed by atoms with Crippen molar-refractivity contribution in [1.29, 1.82) is 0 Å². The highest BCUT2D eigenvalue weighted by molar-refractivity contribution is 14.0. The summed E-state index contributed by atoms with van der Waals surface area (Å²) in [5.74, 6) is 0.732. The van der Waals surface area contributed by atoms with Crippen LogP contribution < -0.4 is 5.32 Å². The molecule has 0 amide bonds. The lowest BCUT2D eigenvalue weighted by Crippen LogP contribution is -2.57. The van der Waals surface area contributed by atoms with Gasteiger partial charge in [0.1, 0.15) is 6.10 Å². The van der Waals surface area contributed by atoms with Crippen molar-refractivity contribution in [3.05, 3.63) is 21.3 Å². The Bertz CT molecular complexity index is 707. The molecular weight excluding hydrogens is 497 g/mol. The van der Waals surface area contributed by atoms with E-state index in [0.29, 0.717) is 29.9 Å². The number of guanidine groups is 1. The normalized spacial score (nSPS) is 20.7. The van der Waals surface area contributed by atoms with Gasteiger partial charge in [-0.25, -0.2) is 8.42 Å². The second kappa shape index (κ2) is 9.20. The molecule has 1 aliphatic rings. The highest BCUT2D eigenvalue weighted by Crippen LogP contribution is 2.27. The third-order valence-corrected chi connectivity index (χ3v) is 7.88. The molecule has 0 spiro atoms. The maximum Gasteiger partial charge on any atom is 0.194 e. The van der Waals surface area contributed by atoms with Gasteiger partial charge in [0.15, 0.2) is 15.8 Å². The molecule has 2 N–H and O–H groups in total. The first-order valence-corrected chi connectivity index (χ1v) is 10.7. The van der Waals surface area contributed by atoms with E-state index in [1.165, 1.54) is 11.3 Å². The fourth-order valence-corrected chi connectivity index (χ4v) is 4.92. The molecule has 2 heterocycles. The van der Waals surface area contributed by atoms with E-state index in [9.17, 15) is 13.5 Å². The minimum absolute atomic E-state index is 0. The minimum Gasteiger partial charge on any atom is -0.386 e. The third kappa shape index (κ3) is 5.69. The number of halogens is 2. The molecule has 0 aromatic carbocycles. The molecule has 1 saturated heterocycles. The van der Waals surface area contributed by atoms with Gasteiger partial charge in [-0.2, -0.15) is 0 Å². The summed E-state index contributed by atoms with van der Waals surface area (Å²) < 4.78 is 24.1. The van der Waals surface area contributed by atoms with Crippen LogP contribution in [-0.4, -0.2) is 61.1 Å². The fraction of sp³-hybridized carbons (Fsp3) is 0.667. The van der Waals surface area contributed by atoms with Crippen molar-refractivity contribution in [3.8, 4) is 0 Å². The summed E-state index contributed by atoms with van der Waals surface area (Å²) >= 11 is 7.22. The van der Waals surface area contributed by atoms with Crippen LogP contribution in [0.3, 0.4) is 0 Å². The van der Waals surface area contributed by atoms with Gasteiger partial charge < -0.3 is 15.3 Å². The van der Waals surface area contributed by atoms with Gasteiger partial charge in [0.2, 0.25) is 0 Å². The summed E-state index contributed by atoms with van der Waals surface area (Å²) in [4.78, 5) is 7.19. The number of nitrogens with zero attached hydrogens (tertiary/aromatic N) is 2. The second-order valence-electron chi connectivity index (χ2n) is 6.35. The van der Waals surface area contributed by atoms with E-state index in [2.05, 4.69) is 10.3 Å². The van der Waals surface area contributed by atoms with Crippen LogP contribution >= 0.6 is 46.9 Å². The van der Waals surface area contributed by atoms with E-state index >= 15 is 0 Å². The van der Waals surface area contributed by atoms with E-state index in [-0.39, 0.29) is 36.3 Å². The Hall–Kier alpha value is -0.100. The Labute approximate surface area is 175 Å². The van der Waals surface area contributed by atoms with Gasteiger partial charge in [0, 0.05) is 24.5 Å². The van der Waals surface area contributed by atoms with E-state index in [1.807, 2.05) is 11.8 Å². The highest BCUT2D eigenvalue weighted by atomic mass is 127. The Morgan fingerprint density at radius 3 is 2.72 bits per heavy atom. The molecule has 1 unspecified atom stereocenters. The molecule has 2 rings (SSSR count). The standard InChI is InChI=1S/C15H24ClN3O3S2.HI/c1-4-17-14(18-9-11(20)12-5-6-13(16)23-12)19-7-8-24(21,22)15(2,3)10-19;/h5-6,11,20H,4,7-10H2,1-3H3,(H,17,18);1H. The molecule has 25 heavy (non-hydrogen) atoms. The Morgan fingerprint density at radius 2 is 2.20 bits per heavy atom. The van der Waals surface area contributed by atoms with Gasteiger partial charge in [0.05, 0.1) is 21.4 Å². The Balaban J connectivity index is 0.00000312. The van der Waals surface area contributed by atoms with Crippen LogP contribution in [0.15, 0.2) is 17.1 Å². The molecule has 0 bridgehead atoms. The average molecular weight is 522 g/mol. The number of nitrogens with one attached hydrogen (secondary N) is 1. The van der Waals surface area contributed by atoms with Crippen molar-refractivity contribution >= 4 is 62.7 Å². The predicted octanol–water partition coefficient (Wildman–Crippen LogP) is 2.53. The van der Waals surface area contributed by atoms with Gasteiger partial charge >= 0.3 is 0 Å². The van der Waals surface area contributed by atoms with Crippen LogP contribution in [0.4, 0.5) is 0 Å². The first-order valence-electron chi connectivity index (χ1n) is 7.85. The topological polar surface area (TPSA) is 82.0 Å². The maximum absolute atomic E-state index is 12.1. The number of rotatable bonds is 4. The van der Waals surface area contributed by atoms with Crippen LogP contribution in [0.5, 0.6) is 0 Å². The van der Waals surface area contributed by atoms with E-state index in [4.69, 9.17) is 11.6 Å². The van der Waals surface area contributed by atoms with Crippen molar-refractivity contribution in [2.45, 2.75) is 31.6 Å². The summed E-state index contributed by atoms with van der Waals surface area (Å²) in [6.07, 6.45) is -0.724. The van der Waals surface area contributed by atoms with Crippen molar-refractivity contribution in [3.63, 3.8) is 0 Å². The molecular formula is C15H25ClIN3O3S2. The monoisotopic (exact) mass is 521 g/mol. The lowest BCUT2D eigenvalue weighted by Gasteiger charge is -2.39. The predicted molar refractivity (Wildman–Crippen MR) is 115 cm³/mol. The molecule has 1 atom stereocenters. The van der Waals surface area contributed by atoms with E-state index in [1.54, 1.807) is 26.0 Å². The summed E-state index contributed by atoms with van der Waals surface area (Å²) in [7, 11) is -3.10. The molecule has 1 aliphatic heterocycles. The molecule has 6 nitrogen and oxygen atoms in total. The molecule has 0 radical (unpaired) electrons. The van der Waals surface area contributed by atoms with E-state index in [0.717, 1.165) is 4.88 Å². The number of hydrogen-bond acceptors (Lipinski definition) is 5. The second-order valence-corrected chi connectivity index (χ2v) is 10.8. The van der Waals surface area contributed by atoms with E-state index < -0.39 is 20.7 Å². The minimum atomic E-state index is -3.10. The quantitative estimate of drug-likeness (QED) is 0.362. The number of sulfone groups is 1. The molecule has 0 aliphatic carbocycles. The summed E-state index contributed by atoms with van der Waals surface area (Å²) in [6, 6.07) is 3.54. The summed E-state index contributed by atoms with van der Waals surface area (Å²) in [6.45, 7) is 7.07. The summed E-state index contributed by atoms with van der Waals surface area (Å²) in [5.41, 5.74) is 0. The van der Waals surface area contributed by atoms with Crippen molar-refractivity contribution in [2.75, 3.05) is 31.9 Å². The molecule has 0 saturated carbocycles. The molecule has 10 heteroatoms. The number of aliphatic imine (C=N–C) groups is 1. The van der Waals surface area contributed by atoms with Crippen LogP contribution in [0, 0.1) is 0 Å². The van der Waals surface area contributed by atoms with Gasteiger partial charge in [-0.1, -0.05) is 11.6 Å². The van der Waals surface area contributed by atoms with Crippen LogP contribution in [0.2, 0.25) is 4.34 Å². The third-order valence-electron chi connectivity index (χ3n) is 4.01. The van der Waals surface area contributed by atoms with Gasteiger partial charge in [-0.05, 0) is 32.9 Å². The first kappa shape index (κ1) is 22.9. The van der Waals surface area contributed by atoms with Crippen molar-refractivity contribution < 1.29 is 13.5 Å². The van der Waals surface area contributed by atoms with Gasteiger partial charge in [-0.3, -0.25) is 4.99 Å². The number of aliphatic hydroxyl groups is 1. The number of aliphatic hydroxyl groups excluding tert-OH is 1. The molecule has 144 valence electrons. The van der Waals surface area contributed by atoms with Gasteiger partial charge in [-0.15, -0.1) is 35.3 Å². The van der Waals surface area contributed by atoms with Crippen LogP contribution in [0.1, 0.15) is 31.8 Å². The molecule has 1 aromatic heterocycles. The van der Waals surface area contributed by atoms with Crippen molar-refractivity contribution in [1.82, 2.24) is 10.2 Å². The Kier molecular flexibility index (Phi) is 8.45. The smallest absolute Gasteiger partial charge is 0.194 e. The zero-order chi connectivity index (χ0) is 18.0. The summed E-state index contributed by atoms with van der Waals surface area (Å²) in [5, 5.41) is 13.4. The maximum atomic E-state index is 12.1.